The van der Waals surface area contributed by atoms with Crippen LogP contribution in [0.15, 0.2) is 24.3 Å². The largest absolute Gasteiger partial charge is 0.354 e. The number of hydrogen-bond donors (Lipinski definition) is 2. The SMILES string of the molecule is CNC(C)CNC(=O)C(C)(C)c1cccc(Cl)c1. The summed E-state index contributed by atoms with van der Waals surface area (Å²) in [6.07, 6.45) is 0. The normalized spacial score (nSPS) is 13.2. The number of halogens is 1. The molecule has 1 unspecified atom stereocenters. The molecule has 0 aromatic heterocycles. The van der Waals surface area contributed by atoms with E-state index in [2.05, 4.69) is 10.6 Å². The maximum atomic E-state index is 12.2. The van der Waals surface area contributed by atoms with Crippen molar-refractivity contribution in [1.82, 2.24) is 10.6 Å². The van der Waals surface area contributed by atoms with E-state index >= 15 is 0 Å². The van der Waals surface area contributed by atoms with Crippen LogP contribution in [0.4, 0.5) is 0 Å². The van der Waals surface area contributed by atoms with Gasteiger partial charge in [0.05, 0.1) is 5.41 Å². The maximum absolute atomic E-state index is 12.2. The van der Waals surface area contributed by atoms with E-state index in [-0.39, 0.29) is 11.9 Å². The molecule has 0 aliphatic rings. The number of hydrogen-bond acceptors (Lipinski definition) is 2. The molecule has 0 spiro atoms. The van der Waals surface area contributed by atoms with E-state index in [1.165, 1.54) is 0 Å². The van der Waals surface area contributed by atoms with Gasteiger partial charge in [0.15, 0.2) is 0 Å². The van der Waals surface area contributed by atoms with E-state index < -0.39 is 5.41 Å². The highest BCUT2D eigenvalue weighted by Gasteiger charge is 2.29. The average molecular weight is 269 g/mol. The van der Waals surface area contributed by atoms with Crippen molar-refractivity contribution >= 4 is 17.5 Å². The molecule has 0 radical (unpaired) electrons. The number of carbonyl (C=O) groups excluding carboxylic acids is 1. The van der Waals surface area contributed by atoms with Crippen LogP contribution in [-0.2, 0) is 10.2 Å². The second-order valence-electron chi connectivity index (χ2n) is 5.04. The Hall–Kier alpha value is -1.06. The van der Waals surface area contributed by atoms with E-state index in [1.54, 1.807) is 0 Å². The minimum atomic E-state index is -0.585. The summed E-state index contributed by atoms with van der Waals surface area (Å²) in [5, 5.41) is 6.68. The van der Waals surface area contributed by atoms with Gasteiger partial charge in [0, 0.05) is 17.6 Å². The van der Waals surface area contributed by atoms with Crippen LogP contribution in [0, 0.1) is 0 Å². The third-order valence-corrected chi connectivity index (χ3v) is 3.41. The van der Waals surface area contributed by atoms with Crippen molar-refractivity contribution in [1.29, 1.82) is 0 Å². The van der Waals surface area contributed by atoms with Crippen molar-refractivity contribution in [3.8, 4) is 0 Å². The fourth-order valence-electron chi connectivity index (χ4n) is 1.58. The number of amides is 1. The molecule has 0 heterocycles. The predicted octanol–water partition coefficient (Wildman–Crippen LogP) is 2.34. The maximum Gasteiger partial charge on any atom is 0.230 e. The van der Waals surface area contributed by atoms with Gasteiger partial charge in [-0.15, -0.1) is 0 Å². The lowest BCUT2D eigenvalue weighted by Gasteiger charge is -2.25. The molecular weight excluding hydrogens is 248 g/mol. The van der Waals surface area contributed by atoms with Gasteiger partial charge >= 0.3 is 0 Å². The van der Waals surface area contributed by atoms with Gasteiger partial charge in [-0.25, -0.2) is 0 Å². The molecule has 0 aliphatic carbocycles. The van der Waals surface area contributed by atoms with Crippen molar-refractivity contribution in [2.45, 2.75) is 32.2 Å². The fraction of sp³-hybridized carbons (Fsp3) is 0.500. The number of nitrogens with one attached hydrogen (secondary N) is 2. The number of carbonyl (C=O) groups is 1. The zero-order valence-electron chi connectivity index (χ0n) is 11.4. The summed E-state index contributed by atoms with van der Waals surface area (Å²) in [5.41, 5.74) is 0.336. The summed E-state index contributed by atoms with van der Waals surface area (Å²) in [6.45, 7) is 6.43. The van der Waals surface area contributed by atoms with Crippen LogP contribution in [0.5, 0.6) is 0 Å². The molecule has 3 nitrogen and oxygen atoms in total. The van der Waals surface area contributed by atoms with Gasteiger partial charge in [0.1, 0.15) is 0 Å². The molecule has 18 heavy (non-hydrogen) atoms. The van der Waals surface area contributed by atoms with Crippen LogP contribution >= 0.6 is 11.6 Å². The van der Waals surface area contributed by atoms with Gasteiger partial charge in [-0.1, -0.05) is 23.7 Å². The Morgan fingerprint density at radius 3 is 2.67 bits per heavy atom. The molecule has 2 N–H and O–H groups in total. The van der Waals surface area contributed by atoms with Gasteiger partial charge in [0.2, 0.25) is 5.91 Å². The number of likely N-dealkylation sites (N-methyl/N-ethyl adjacent to an activating group) is 1. The van der Waals surface area contributed by atoms with Crippen molar-refractivity contribution in [3.05, 3.63) is 34.9 Å². The standard InChI is InChI=1S/C14H21ClN2O/c1-10(16-4)9-17-13(18)14(2,3)11-6-5-7-12(15)8-11/h5-8,10,16H,9H2,1-4H3,(H,17,18). The smallest absolute Gasteiger partial charge is 0.230 e. The summed E-state index contributed by atoms with van der Waals surface area (Å²) in [4.78, 5) is 12.2. The summed E-state index contributed by atoms with van der Waals surface area (Å²) >= 11 is 5.96. The van der Waals surface area contributed by atoms with Crippen LogP contribution < -0.4 is 10.6 Å². The van der Waals surface area contributed by atoms with Gasteiger partial charge in [-0.2, -0.15) is 0 Å². The topological polar surface area (TPSA) is 41.1 Å². The van der Waals surface area contributed by atoms with E-state index in [0.29, 0.717) is 11.6 Å². The van der Waals surface area contributed by atoms with Crippen LogP contribution in [0.3, 0.4) is 0 Å². The minimum Gasteiger partial charge on any atom is -0.354 e. The summed E-state index contributed by atoms with van der Waals surface area (Å²) in [7, 11) is 1.87. The molecule has 1 amide bonds. The molecule has 1 atom stereocenters. The Kier molecular flexibility index (Phi) is 5.17. The van der Waals surface area contributed by atoms with E-state index in [1.807, 2.05) is 52.1 Å². The third-order valence-electron chi connectivity index (χ3n) is 3.18. The first-order valence-corrected chi connectivity index (χ1v) is 6.47. The molecular formula is C14H21ClN2O. The average Bonchev–Trinajstić information content (AvgIpc) is 2.35. The van der Waals surface area contributed by atoms with Crippen molar-refractivity contribution in [2.24, 2.45) is 0 Å². The van der Waals surface area contributed by atoms with Gasteiger partial charge in [0.25, 0.3) is 0 Å². The molecule has 0 fully saturated rings. The lowest BCUT2D eigenvalue weighted by Crippen LogP contribution is -2.45. The molecule has 0 aliphatic heterocycles. The minimum absolute atomic E-state index is 0.00636. The lowest BCUT2D eigenvalue weighted by atomic mass is 9.83. The molecule has 0 bridgehead atoms. The van der Waals surface area contributed by atoms with Crippen LogP contribution in [-0.4, -0.2) is 25.5 Å². The predicted molar refractivity (Wildman–Crippen MR) is 76.0 cm³/mol. The Bertz CT molecular complexity index is 418. The van der Waals surface area contributed by atoms with Crippen LogP contribution in [0.2, 0.25) is 5.02 Å². The van der Waals surface area contributed by atoms with Gasteiger partial charge in [-0.3, -0.25) is 4.79 Å². The Morgan fingerprint density at radius 2 is 2.11 bits per heavy atom. The first-order chi connectivity index (χ1) is 8.37. The van der Waals surface area contributed by atoms with Crippen LogP contribution in [0.1, 0.15) is 26.3 Å². The Morgan fingerprint density at radius 1 is 1.44 bits per heavy atom. The molecule has 1 aromatic rings. The molecule has 100 valence electrons. The summed E-state index contributed by atoms with van der Waals surface area (Å²) < 4.78 is 0. The van der Waals surface area contributed by atoms with Gasteiger partial charge < -0.3 is 10.6 Å². The Balaban J connectivity index is 2.76. The molecule has 1 rings (SSSR count). The molecule has 1 aromatic carbocycles. The zero-order valence-corrected chi connectivity index (χ0v) is 12.1. The van der Waals surface area contributed by atoms with Crippen molar-refractivity contribution in [3.63, 3.8) is 0 Å². The monoisotopic (exact) mass is 268 g/mol. The van der Waals surface area contributed by atoms with Gasteiger partial charge in [-0.05, 0) is 45.5 Å². The Labute approximate surface area is 114 Å². The van der Waals surface area contributed by atoms with E-state index in [0.717, 1.165) is 5.56 Å². The van der Waals surface area contributed by atoms with Crippen molar-refractivity contribution < 1.29 is 4.79 Å². The first kappa shape index (κ1) is 15.0. The van der Waals surface area contributed by atoms with Crippen molar-refractivity contribution in [2.75, 3.05) is 13.6 Å². The molecule has 4 heteroatoms. The quantitative estimate of drug-likeness (QED) is 0.861. The summed E-state index contributed by atoms with van der Waals surface area (Å²) in [5.74, 6) is 0.00636. The zero-order chi connectivity index (χ0) is 13.8. The highest BCUT2D eigenvalue weighted by atomic mass is 35.5. The van der Waals surface area contributed by atoms with E-state index in [9.17, 15) is 4.79 Å². The second kappa shape index (κ2) is 6.21. The summed E-state index contributed by atoms with van der Waals surface area (Å²) in [6, 6.07) is 7.68. The number of benzene rings is 1. The lowest BCUT2D eigenvalue weighted by molar-refractivity contribution is -0.125. The fourth-order valence-corrected chi connectivity index (χ4v) is 1.77. The molecule has 0 saturated heterocycles. The number of rotatable bonds is 5. The highest BCUT2D eigenvalue weighted by Crippen LogP contribution is 2.25. The second-order valence-corrected chi connectivity index (χ2v) is 5.47. The third kappa shape index (κ3) is 3.72. The first-order valence-electron chi connectivity index (χ1n) is 6.09. The molecule has 0 saturated carbocycles. The van der Waals surface area contributed by atoms with E-state index in [4.69, 9.17) is 11.6 Å². The van der Waals surface area contributed by atoms with Crippen LogP contribution in [0.25, 0.3) is 0 Å². The highest BCUT2D eigenvalue weighted by molar-refractivity contribution is 6.30.